The van der Waals surface area contributed by atoms with Crippen molar-refractivity contribution in [3.63, 3.8) is 0 Å². The molecule has 2 N–H and O–H groups in total. The molecule has 0 aliphatic carbocycles. The highest BCUT2D eigenvalue weighted by atomic mass is 32.2. The number of carbonyl (C=O) groups is 2. The number of halogens is 1. The Kier molecular flexibility index (Phi) is 6.12. The lowest BCUT2D eigenvalue weighted by atomic mass is 10.1. The van der Waals surface area contributed by atoms with Crippen molar-refractivity contribution in [1.82, 2.24) is 4.31 Å². The standard InChI is InChI=1S/C16H21FN2O5S/c1-2-3-9-25(23,24)19-8-4-5-14(19)15(20)18-13-10-11(16(21)22)6-7-12(13)17/h6-7,10,14H,2-5,8-9H2,1H3,(H,18,20)(H,21,22). The first kappa shape index (κ1) is 19.3. The van der Waals surface area contributed by atoms with Gasteiger partial charge in [0.05, 0.1) is 17.0 Å². The van der Waals surface area contributed by atoms with Crippen molar-refractivity contribution in [3.05, 3.63) is 29.6 Å². The van der Waals surface area contributed by atoms with E-state index in [0.717, 1.165) is 28.9 Å². The lowest BCUT2D eigenvalue weighted by Crippen LogP contribution is -2.44. The topological polar surface area (TPSA) is 104 Å². The number of rotatable bonds is 7. The molecule has 2 rings (SSSR count). The maximum atomic E-state index is 13.8. The Morgan fingerprint density at radius 3 is 2.76 bits per heavy atom. The fraction of sp³-hybridized carbons (Fsp3) is 0.500. The van der Waals surface area contributed by atoms with Crippen molar-refractivity contribution in [2.45, 2.75) is 38.6 Å². The lowest BCUT2D eigenvalue weighted by Gasteiger charge is -2.23. The number of benzene rings is 1. The largest absolute Gasteiger partial charge is 0.478 e. The first-order chi connectivity index (χ1) is 11.8. The highest BCUT2D eigenvalue weighted by Crippen LogP contribution is 2.24. The van der Waals surface area contributed by atoms with Crippen LogP contribution in [0.4, 0.5) is 10.1 Å². The molecule has 1 unspecified atom stereocenters. The Balaban J connectivity index is 2.17. The molecule has 1 aliphatic rings. The van der Waals surface area contributed by atoms with Crippen LogP contribution in [-0.2, 0) is 14.8 Å². The highest BCUT2D eigenvalue weighted by Gasteiger charge is 2.38. The molecule has 1 heterocycles. The number of anilines is 1. The summed E-state index contributed by atoms with van der Waals surface area (Å²) in [6, 6.07) is 2.14. The number of hydrogen-bond donors (Lipinski definition) is 2. The number of carboxylic acid groups (broad SMARTS) is 1. The number of amides is 1. The third-order valence-electron chi connectivity index (χ3n) is 4.09. The molecule has 138 valence electrons. The Morgan fingerprint density at radius 1 is 1.40 bits per heavy atom. The first-order valence-electron chi connectivity index (χ1n) is 8.09. The van der Waals surface area contributed by atoms with Gasteiger partial charge in [-0.1, -0.05) is 13.3 Å². The van der Waals surface area contributed by atoms with Crippen molar-refractivity contribution in [2.75, 3.05) is 17.6 Å². The predicted octanol–water partition coefficient (Wildman–Crippen LogP) is 2.06. The summed E-state index contributed by atoms with van der Waals surface area (Å²) < 4.78 is 39.7. The molecule has 1 aromatic carbocycles. The van der Waals surface area contributed by atoms with E-state index in [9.17, 15) is 22.4 Å². The maximum absolute atomic E-state index is 13.8. The second-order valence-electron chi connectivity index (χ2n) is 5.93. The molecule has 7 nitrogen and oxygen atoms in total. The fourth-order valence-corrected chi connectivity index (χ4v) is 4.63. The molecule has 1 aliphatic heterocycles. The van der Waals surface area contributed by atoms with Crippen LogP contribution in [0.5, 0.6) is 0 Å². The number of carboxylic acids is 1. The number of hydrogen-bond acceptors (Lipinski definition) is 4. The third-order valence-corrected chi connectivity index (χ3v) is 6.05. The van der Waals surface area contributed by atoms with Gasteiger partial charge < -0.3 is 10.4 Å². The van der Waals surface area contributed by atoms with E-state index in [-0.39, 0.29) is 23.5 Å². The van der Waals surface area contributed by atoms with Crippen molar-refractivity contribution in [1.29, 1.82) is 0 Å². The molecule has 1 fully saturated rings. The smallest absolute Gasteiger partial charge is 0.335 e. The summed E-state index contributed by atoms with van der Waals surface area (Å²) in [6.45, 7) is 2.13. The minimum Gasteiger partial charge on any atom is -0.478 e. The van der Waals surface area contributed by atoms with E-state index in [1.165, 1.54) is 0 Å². The molecular weight excluding hydrogens is 351 g/mol. The normalized spacial score (nSPS) is 18.2. The van der Waals surface area contributed by atoms with Gasteiger partial charge in [0.1, 0.15) is 11.9 Å². The average Bonchev–Trinajstić information content (AvgIpc) is 3.05. The first-order valence-corrected chi connectivity index (χ1v) is 9.70. The summed E-state index contributed by atoms with van der Waals surface area (Å²) in [5.41, 5.74) is -0.446. The molecule has 25 heavy (non-hydrogen) atoms. The SMILES string of the molecule is CCCCS(=O)(=O)N1CCCC1C(=O)Nc1cc(C(=O)O)ccc1F. The highest BCUT2D eigenvalue weighted by molar-refractivity contribution is 7.89. The van der Waals surface area contributed by atoms with E-state index < -0.39 is 33.8 Å². The van der Waals surface area contributed by atoms with Gasteiger partial charge in [0, 0.05) is 6.54 Å². The molecular formula is C16H21FN2O5S. The molecule has 0 saturated carbocycles. The van der Waals surface area contributed by atoms with Gasteiger partial charge in [0.15, 0.2) is 0 Å². The van der Waals surface area contributed by atoms with Gasteiger partial charge >= 0.3 is 5.97 Å². The van der Waals surface area contributed by atoms with E-state index in [2.05, 4.69) is 5.32 Å². The number of nitrogens with zero attached hydrogens (tertiary/aromatic N) is 1. The predicted molar refractivity (Wildman–Crippen MR) is 90.4 cm³/mol. The zero-order chi connectivity index (χ0) is 18.6. The average molecular weight is 372 g/mol. The van der Waals surface area contributed by atoms with Crippen LogP contribution in [-0.4, -0.2) is 48.0 Å². The van der Waals surface area contributed by atoms with Crippen LogP contribution in [0.3, 0.4) is 0 Å². The van der Waals surface area contributed by atoms with Crippen LogP contribution in [0.2, 0.25) is 0 Å². The van der Waals surface area contributed by atoms with Gasteiger partial charge in [-0.15, -0.1) is 0 Å². The quantitative estimate of drug-likeness (QED) is 0.762. The van der Waals surface area contributed by atoms with Gasteiger partial charge in [-0.25, -0.2) is 17.6 Å². The van der Waals surface area contributed by atoms with Crippen LogP contribution >= 0.6 is 0 Å². The molecule has 0 spiro atoms. The van der Waals surface area contributed by atoms with Gasteiger partial charge in [0.25, 0.3) is 0 Å². The van der Waals surface area contributed by atoms with Crippen molar-refractivity contribution in [2.24, 2.45) is 0 Å². The van der Waals surface area contributed by atoms with E-state index in [1.54, 1.807) is 0 Å². The Labute approximate surface area is 145 Å². The zero-order valence-electron chi connectivity index (χ0n) is 13.9. The number of carbonyl (C=O) groups excluding carboxylic acids is 1. The summed E-state index contributed by atoms with van der Waals surface area (Å²) in [6.07, 6.45) is 2.11. The Morgan fingerprint density at radius 2 is 2.12 bits per heavy atom. The van der Waals surface area contributed by atoms with Crippen molar-refractivity contribution in [3.8, 4) is 0 Å². The van der Waals surface area contributed by atoms with Crippen LogP contribution < -0.4 is 5.32 Å². The molecule has 1 saturated heterocycles. The number of unbranched alkanes of at least 4 members (excludes halogenated alkanes) is 1. The number of sulfonamides is 1. The van der Waals surface area contributed by atoms with E-state index in [1.807, 2.05) is 6.92 Å². The van der Waals surface area contributed by atoms with Gasteiger partial charge in [0.2, 0.25) is 15.9 Å². The van der Waals surface area contributed by atoms with Crippen LogP contribution in [0.15, 0.2) is 18.2 Å². The van der Waals surface area contributed by atoms with Gasteiger partial charge in [-0.2, -0.15) is 4.31 Å². The molecule has 0 aromatic heterocycles. The third kappa shape index (κ3) is 4.55. The fourth-order valence-electron chi connectivity index (χ4n) is 2.75. The van der Waals surface area contributed by atoms with Crippen LogP contribution in [0.25, 0.3) is 0 Å². The van der Waals surface area contributed by atoms with Gasteiger partial charge in [-0.3, -0.25) is 4.79 Å². The second kappa shape index (κ2) is 7.92. The van der Waals surface area contributed by atoms with Crippen LogP contribution in [0, 0.1) is 5.82 Å². The lowest BCUT2D eigenvalue weighted by molar-refractivity contribution is -0.119. The summed E-state index contributed by atoms with van der Waals surface area (Å²) in [4.78, 5) is 23.4. The van der Waals surface area contributed by atoms with Gasteiger partial charge in [-0.05, 0) is 37.5 Å². The molecule has 1 atom stereocenters. The van der Waals surface area contributed by atoms with E-state index >= 15 is 0 Å². The van der Waals surface area contributed by atoms with Crippen LogP contribution in [0.1, 0.15) is 43.0 Å². The maximum Gasteiger partial charge on any atom is 0.335 e. The summed E-state index contributed by atoms with van der Waals surface area (Å²) in [7, 11) is -3.56. The second-order valence-corrected chi connectivity index (χ2v) is 7.97. The number of aromatic carboxylic acids is 1. The summed E-state index contributed by atoms with van der Waals surface area (Å²) in [5, 5.41) is 11.3. The molecule has 0 bridgehead atoms. The number of nitrogens with one attached hydrogen (secondary N) is 1. The van der Waals surface area contributed by atoms with E-state index in [4.69, 9.17) is 5.11 Å². The minimum absolute atomic E-state index is 0.0316. The molecule has 0 radical (unpaired) electrons. The summed E-state index contributed by atoms with van der Waals surface area (Å²) >= 11 is 0. The molecule has 1 aromatic rings. The Bertz CT molecular complexity index is 766. The summed E-state index contributed by atoms with van der Waals surface area (Å²) in [5.74, 6) is -2.72. The minimum atomic E-state index is -3.56. The molecule has 9 heteroatoms. The Hall–Kier alpha value is -2.00. The van der Waals surface area contributed by atoms with Crippen molar-refractivity contribution >= 4 is 27.6 Å². The monoisotopic (exact) mass is 372 g/mol. The van der Waals surface area contributed by atoms with Crippen molar-refractivity contribution < 1.29 is 27.5 Å². The van der Waals surface area contributed by atoms with E-state index in [0.29, 0.717) is 19.3 Å². The molecule has 1 amide bonds. The zero-order valence-corrected chi connectivity index (χ0v) is 14.7.